The Morgan fingerprint density at radius 1 is 1.07 bits per heavy atom. The summed E-state index contributed by atoms with van der Waals surface area (Å²) < 4.78 is 18.9. The minimum Gasteiger partial charge on any atom is -0.493 e. The Bertz CT molecular complexity index is 882. The van der Waals surface area contributed by atoms with Crippen molar-refractivity contribution in [2.45, 2.75) is 19.8 Å². The van der Waals surface area contributed by atoms with Crippen molar-refractivity contribution in [2.75, 3.05) is 32.8 Å². The number of halogens is 2. The third-order valence-corrected chi connectivity index (χ3v) is 5.28. The second-order valence-electron chi connectivity index (χ2n) is 7.01. The summed E-state index contributed by atoms with van der Waals surface area (Å²) in [4.78, 5) is 28.4. The van der Waals surface area contributed by atoms with Gasteiger partial charge in [0.25, 0.3) is 5.91 Å². The SMILES string of the molecule is Cc1ccccc1OCCCC(=O)N1CCN(C(=O)c2ccc(F)cc2Cl)CC1. The standard InChI is InChI=1S/C22H24ClFN2O3/c1-16-5-2-3-6-20(16)29-14-4-7-21(27)25-10-12-26(13-11-25)22(28)18-9-8-17(24)15-19(18)23/h2-3,5-6,8-9,15H,4,7,10-14H2,1H3. The van der Waals surface area contributed by atoms with Gasteiger partial charge in [-0.05, 0) is 43.2 Å². The quantitative estimate of drug-likeness (QED) is 0.668. The number of carbonyl (C=O) groups excluding carboxylic acids is 2. The van der Waals surface area contributed by atoms with Crippen LogP contribution in [0.1, 0.15) is 28.8 Å². The Kier molecular flexibility index (Phi) is 7.09. The monoisotopic (exact) mass is 418 g/mol. The van der Waals surface area contributed by atoms with Crippen LogP contribution in [0.3, 0.4) is 0 Å². The first-order valence-corrected chi connectivity index (χ1v) is 10.0. The van der Waals surface area contributed by atoms with Crippen molar-refractivity contribution in [2.24, 2.45) is 0 Å². The second-order valence-corrected chi connectivity index (χ2v) is 7.42. The molecule has 5 nitrogen and oxygen atoms in total. The van der Waals surface area contributed by atoms with Gasteiger partial charge in [-0.2, -0.15) is 0 Å². The molecular weight excluding hydrogens is 395 g/mol. The molecule has 0 atom stereocenters. The highest BCUT2D eigenvalue weighted by Gasteiger charge is 2.25. The van der Waals surface area contributed by atoms with E-state index in [-0.39, 0.29) is 22.4 Å². The summed E-state index contributed by atoms with van der Waals surface area (Å²) in [5.41, 5.74) is 1.35. The lowest BCUT2D eigenvalue weighted by molar-refractivity contribution is -0.132. The maximum Gasteiger partial charge on any atom is 0.255 e. The Labute approximate surface area is 175 Å². The van der Waals surface area contributed by atoms with Crippen molar-refractivity contribution in [1.29, 1.82) is 0 Å². The zero-order valence-electron chi connectivity index (χ0n) is 16.4. The molecule has 0 unspecified atom stereocenters. The lowest BCUT2D eigenvalue weighted by atomic mass is 10.1. The van der Waals surface area contributed by atoms with Crippen LogP contribution in [-0.4, -0.2) is 54.4 Å². The number of benzene rings is 2. The number of hydrogen-bond acceptors (Lipinski definition) is 3. The molecule has 1 heterocycles. The van der Waals surface area contributed by atoms with Gasteiger partial charge in [-0.3, -0.25) is 9.59 Å². The summed E-state index contributed by atoms with van der Waals surface area (Å²) in [5.74, 6) is 0.180. The lowest BCUT2D eigenvalue weighted by Crippen LogP contribution is -2.50. The molecule has 0 aromatic heterocycles. The van der Waals surface area contributed by atoms with Gasteiger partial charge in [0.2, 0.25) is 5.91 Å². The number of amides is 2. The molecule has 2 aromatic rings. The van der Waals surface area contributed by atoms with Gasteiger partial charge >= 0.3 is 0 Å². The largest absolute Gasteiger partial charge is 0.493 e. The van der Waals surface area contributed by atoms with Crippen LogP contribution >= 0.6 is 11.6 Å². The van der Waals surface area contributed by atoms with Gasteiger partial charge in [-0.25, -0.2) is 4.39 Å². The number of nitrogens with zero attached hydrogens (tertiary/aromatic N) is 2. The molecular formula is C22H24ClFN2O3. The van der Waals surface area contributed by atoms with E-state index in [4.69, 9.17) is 16.3 Å². The molecule has 0 aliphatic carbocycles. The fourth-order valence-electron chi connectivity index (χ4n) is 3.27. The molecule has 0 spiro atoms. The first-order chi connectivity index (χ1) is 14.0. The molecule has 0 radical (unpaired) electrons. The van der Waals surface area contributed by atoms with Gasteiger partial charge < -0.3 is 14.5 Å². The molecule has 2 amide bonds. The first kappa shape index (κ1) is 21.1. The first-order valence-electron chi connectivity index (χ1n) is 9.66. The van der Waals surface area contributed by atoms with Crippen molar-refractivity contribution >= 4 is 23.4 Å². The van der Waals surface area contributed by atoms with Gasteiger partial charge in [0, 0.05) is 32.6 Å². The van der Waals surface area contributed by atoms with Crippen LogP contribution in [0.2, 0.25) is 5.02 Å². The molecule has 154 valence electrons. The Balaban J connectivity index is 1.42. The van der Waals surface area contributed by atoms with Crippen LogP contribution < -0.4 is 4.74 Å². The zero-order chi connectivity index (χ0) is 20.8. The Morgan fingerprint density at radius 3 is 2.45 bits per heavy atom. The topological polar surface area (TPSA) is 49.9 Å². The van der Waals surface area contributed by atoms with E-state index >= 15 is 0 Å². The van der Waals surface area contributed by atoms with Gasteiger partial charge in [-0.15, -0.1) is 0 Å². The van der Waals surface area contributed by atoms with E-state index in [1.54, 1.807) is 9.80 Å². The molecule has 1 aliphatic heterocycles. The van der Waals surface area contributed by atoms with Crippen LogP contribution in [0.15, 0.2) is 42.5 Å². The third-order valence-electron chi connectivity index (χ3n) is 4.97. The molecule has 29 heavy (non-hydrogen) atoms. The van der Waals surface area contributed by atoms with Crippen molar-refractivity contribution in [3.8, 4) is 5.75 Å². The Morgan fingerprint density at radius 2 is 1.76 bits per heavy atom. The number of ether oxygens (including phenoxy) is 1. The van der Waals surface area contributed by atoms with Crippen LogP contribution in [0, 0.1) is 12.7 Å². The lowest BCUT2D eigenvalue weighted by Gasteiger charge is -2.35. The van der Waals surface area contributed by atoms with Crippen LogP contribution in [-0.2, 0) is 4.79 Å². The highest BCUT2D eigenvalue weighted by Crippen LogP contribution is 2.20. The van der Waals surface area contributed by atoms with E-state index in [0.29, 0.717) is 45.6 Å². The summed E-state index contributed by atoms with van der Waals surface area (Å²) in [7, 11) is 0. The van der Waals surface area contributed by atoms with Gasteiger partial charge in [-0.1, -0.05) is 29.8 Å². The third kappa shape index (κ3) is 5.48. The molecule has 2 aromatic carbocycles. The number of rotatable bonds is 6. The molecule has 0 bridgehead atoms. The minimum absolute atomic E-state index is 0.0605. The number of para-hydroxylation sites is 1. The molecule has 1 aliphatic rings. The smallest absolute Gasteiger partial charge is 0.255 e. The number of piperazine rings is 1. The molecule has 0 N–H and O–H groups in total. The number of carbonyl (C=O) groups is 2. The predicted octanol–water partition coefficient (Wildman–Crippen LogP) is 3.93. The number of hydrogen-bond donors (Lipinski definition) is 0. The molecule has 1 saturated heterocycles. The normalized spacial score (nSPS) is 14.0. The van der Waals surface area contributed by atoms with E-state index in [9.17, 15) is 14.0 Å². The van der Waals surface area contributed by atoms with Crippen LogP contribution in [0.4, 0.5) is 4.39 Å². The van der Waals surface area contributed by atoms with E-state index in [0.717, 1.165) is 17.4 Å². The van der Waals surface area contributed by atoms with E-state index in [2.05, 4.69) is 0 Å². The summed E-state index contributed by atoms with van der Waals surface area (Å²) in [6, 6.07) is 11.5. The average molecular weight is 419 g/mol. The highest BCUT2D eigenvalue weighted by atomic mass is 35.5. The fraction of sp³-hybridized carbons (Fsp3) is 0.364. The fourth-order valence-corrected chi connectivity index (χ4v) is 3.52. The summed E-state index contributed by atoms with van der Waals surface area (Å²) >= 11 is 5.98. The summed E-state index contributed by atoms with van der Waals surface area (Å²) in [6.07, 6.45) is 1.04. The van der Waals surface area contributed by atoms with Crippen molar-refractivity contribution in [3.05, 3.63) is 64.4 Å². The average Bonchev–Trinajstić information content (AvgIpc) is 2.72. The van der Waals surface area contributed by atoms with Gasteiger partial charge in [0.05, 0.1) is 17.2 Å². The van der Waals surface area contributed by atoms with Crippen LogP contribution in [0.5, 0.6) is 5.75 Å². The van der Waals surface area contributed by atoms with E-state index in [1.165, 1.54) is 12.1 Å². The van der Waals surface area contributed by atoms with E-state index in [1.807, 2.05) is 31.2 Å². The molecule has 1 fully saturated rings. The number of aryl methyl sites for hydroxylation is 1. The highest BCUT2D eigenvalue weighted by molar-refractivity contribution is 6.33. The van der Waals surface area contributed by atoms with Crippen molar-refractivity contribution < 1.29 is 18.7 Å². The molecule has 0 saturated carbocycles. The van der Waals surface area contributed by atoms with Crippen molar-refractivity contribution in [1.82, 2.24) is 9.80 Å². The Hall–Kier alpha value is -2.60. The van der Waals surface area contributed by atoms with Crippen molar-refractivity contribution in [3.63, 3.8) is 0 Å². The summed E-state index contributed by atoms with van der Waals surface area (Å²) in [6.45, 7) is 4.28. The maximum absolute atomic E-state index is 13.2. The van der Waals surface area contributed by atoms with E-state index < -0.39 is 5.82 Å². The minimum atomic E-state index is -0.478. The van der Waals surface area contributed by atoms with Gasteiger partial charge in [0.15, 0.2) is 0 Å². The summed E-state index contributed by atoms with van der Waals surface area (Å²) in [5, 5.41) is 0.0992. The predicted molar refractivity (Wildman–Crippen MR) is 110 cm³/mol. The molecule has 7 heteroatoms. The second kappa shape index (κ2) is 9.74. The maximum atomic E-state index is 13.2. The zero-order valence-corrected chi connectivity index (χ0v) is 17.1. The van der Waals surface area contributed by atoms with Gasteiger partial charge in [0.1, 0.15) is 11.6 Å². The molecule has 3 rings (SSSR count). The van der Waals surface area contributed by atoms with Crippen LogP contribution in [0.25, 0.3) is 0 Å².